The third-order valence-electron chi connectivity index (χ3n) is 7.60. The van der Waals surface area contributed by atoms with E-state index in [-0.39, 0.29) is 27.6 Å². The predicted octanol–water partition coefficient (Wildman–Crippen LogP) is 3.37. The first-order chi connectivity index (χ1) is 18.2. The Kier molecular flexibility index (Phi) is 6.52. The van der Waals surface area contributed by atoms with Gasteiger partial charge in [0.05, 0.1) is 29.8 Å². The fraction of sp³-hybridized carbons (Fsp3) is 0.480. The van der Waals surface area contributed by atoms with Crippen LogP contribution < -0.4 is 9.62 Å². The molecule has 0 radical (unpaired) electrons. The molecule has 206 valence electrons. The summed E-state index contributed by atoms with van der Waals surface area (Å²) in [6.07, 6.45) is 6.58. The van der Waals surface area contributed by atoms with Crippen LogP contribution in [0.25, 0.3) is 22.4 Å². The van der Waals surface area contributed by atoms with Crippen molar-refractivity contribution in [3.8, 4) is 11.4 Å². The molecule has 0 atom stereocenters. The molecule has 1 saturated carbocycles. The quantitative estimate of drug-likeness (QED) is 0.500. The van der Waals surface area contributed by atoms with Gasteiger partial charge in [-0.1, -0.05) is 0 Å². The number of aromatic nitrogens is 3. The molecule has 0 bridgehead atoms. The van der Waals surface area contributed by atoms with E-state index in [1.807, 2.05) is 16.9 Å². The van der Waals surface area contributed by atoms with Crippen molar-refractivity contribution in [2.75, 3.05) is 24.5 Å². The number of anilines is 1. The Morgan fingerprint density at radius 2 is 1.71 bits per heavy atom. The molecule has 2 aliphatic heterocycles. The van der Waals surface area contributed by atoms with Crippen molar-refractivity contribution in [3.05, 3.63) is 42.1 Å². The maximum atomic E-state index is 13.5. The summed E-state index contributed by atoms with van der Waals surface area (Å²) in [5.41, 5.74) is 1.50. The van der Waals surface area contributed by atoms with Crippen molar-refractivity contribution in [1.82, 2.24) is 24.0 Å². The Hall–Kier alpha value is -3.16. The summed E-state index contributed by atoms with van der Waals surface area (Å²) in [7, 11) is -3.69. The van der Waals surface area contributed by atoms with Crippen LogP contribution in [0.2, 0.25) is 0 Å². The highest BCUT2D eigenvalue weighted by molar-refractivity contribution is 7.88. The number of hydrogen-bond acceptors (Lipinski definition) is 7. The number of ether oxygens (including phenoxy) is 1. The first kappa shape index (κ1) is 25.1. The summed E-state index contributed by atoms with van der Waals surface area (Å²) in [6.45, 7) is 1.51. The molecule has 0 spiro atoms. The molecule has 0 unspecified atom stereocenters. The summed E-state index contributed by atoms with van der Waals surface area (Å²) in [5.74, 6) is -0.986. The van der Waals surface area contributed by atoms with Gasteiger partial charge in [-0.25, -0.2) is 23.5 Å². The zero-order chi connectivity index (χ0) is 26.4. The van der Waals surface area contributed by atoms with Crippen LogP contribution in [0.1, 0.15) is 41.4 Å². The number of hydrogen-bond donors (Lipinski definition) is 2. The van der Waals surface area contributed by atoms with Crippen LogP contribution >= 0.6 is 0 Å². The lowest BCUT2D eigenvalue weighted by molar-refractivity contribution is -0.118. The van der Waals surface area contributed by atoms with Crippen LogP contribution in [0.3, 0.4) is 0 Å². The molecule has 3 aromatic rings. The number of amides is 1. The van der Waals surface area contributed by atoms with Gasteiger partial charge >= 0.3 is 10.2 Å². The number of imidazole rings is 1. The zero-order valence-electron chi connectivity index (χ0n) is 20.6. The molecule has 38 heavy (non-hydrogen) atoms. The number of aromatic amines is 1. The van der Waals surface area contributed by atoms with E-state index in [9.17, 15) is 22.0 Å². The number of rotatable bonds is 5. The maximum Gasteiger partial charge on any atom is 0.304 e. The summed E-state index contributed by atoms with van der Waals surface area (Å²) in [4.78, 5) is 25.7. The molecular weight excluding hydrogens is 518 g/mol. The van der Waals surface area contributed by atoms with Crippen LogP contribution in [0.15, 0.2) is 30.5 Å². The van der Waals surface area contributed by atoms with Crippen LogP contribution in [0.5, 0.6) is 0 Å². The number of benzene rings is 1. The Balaban J connectivity index is 0.00000185. The second-order valence-electron chi connectivity index (χ2n) is 10.1. The molecule has 1 aromatic carbocycles. The molecular formula is C25H32F2N6O4S. The molecule has 6 rings (SSSR count). The standard InChI is InChI=1S/C25H28F2N6O4S.2H2/c26-19-11-21-22(12-20(19)27)30-25(29-21)15-1-6-23(28-13-15)32-9-7-18(8-10-32)37-17-4-2-16(3-5-17)33-14-24(34)31-38(33,35)36;;/h1,6,11-13,16-18H,2-5,7-10,14H2,(H,29,30)(H,31,34);2*1H. The van der Waals surface area contributed by atoms with Gasteiger partial charge in [0.15, 0.2) is 11.6 Å². The van der Waals surface area contributed by atoms with Crippen molar-refractivity contribution in [2.45, 2.75) is 56.8 Å². The van der Waals surface area contributed by atoms with E-state index in [1.54, 1.807) is 6.20 Å². The van der Waals surface area contributed by atoms with Crippen molar-refractivity contribution < 1.29 is 29.6 Å². The summed E-state index contributed by atoms with van der Waals surface area (Å²) in [6, 6.07) is 5.81. The molecule has 13 heteroatoms. The van der Waals surface area contributed by atoms with Gasteiger partial charge in [0.25, 0.3) is 0 Å². The minimum absolute atomic E-state index is 0. The Morgan fingerprint density at radius 3 is 2.37 bits per heavy atom. The van der Waals surface area contributed by atoms with Gasteiger partial charge in [0.2, 0.25) is 5.91 Å². The second-order valence-corrected chi connectivity index (χ2v) is 11.7. The molecule has 2 aromatic heterocycles. The number of H-pyrrole nitrogens is 1. The maximum absolute atomic E-state index is 13.5. The van der Waals surface area contributed by atoms with Crippen LogP contribution in [-0.2, 0) is 19.7 Å². The average Bonchev–Trinajstić information content (AvgIpc) is 3.43. The minimum Gasteiger partial charge on any atom is -0.375 e. The fourth-order valence-corrected chi connectivity index (χ4v) is 6.96. The van der Waals surface area contributed by atoms with Gasteiger partial charge in [-0.3, -0.25) is 4.79 Å². The number of piperidine rings is 1. The molecule has 1 amide bonds. The normalized spacial score (nSPS) is 24.7. The highest BCUT2D eigenvalue weighted by Gasteiger charge is 2.40. The highest BCUT2D eigenvalue weighted by Crippen LogP contribution is 2.31. The van der Waals surface area contributed by atoms with Crippen molar-refractivity contribution >= 4 is 33.0 Å². The predicted molar refractivity (Wildman–Crippen MR) is 140 cm³/mol. The largest absolute Gasteiger partial charge is 0.375 e. The van der Waals surface area contributed by atoms with Crippen molar-refractivity contribution in [2.24, 2.45) is 0 Å². The van der Waals surface area contributed by atoms with E-state index < -0.39 is 27.8 Å². The second kappa shape index (κ2) is 9.86. The number of carbonyl (C=O) groups is 1. The molecule has 1 aliphatic carbocycles. The molecule has 10 nitrogen and oxygen atoms in total. The molecule has 4 heterocycles. The smallest absolute Gasteiger partial charge is 0.304 e. The van der Waals surface area contributed by atoms with E-state index >= 15 is 0 Å². The van der Waals surface area contributed by atoms with E-state index in [0.29, 0.717) is 29.7 Å². The lowest BCUT2D eigenvalue weighted by Gasteiger charge is -2.37. The molecule has 2 N–H and O–H groups in total. The van der Waals surface area contributed by atoms with Crippen LogP contribution in [-0.4, -0.2) is 71.5 Å². The summed E-state index contributed by atoms with van der Waals surface area (Å²) in [5, 5.41) is 0. The monoisotopic (exact) mass is 550 g/mol. The Bertz CT molecular complexity index is 1420. The molecule has 3 aliphatic rings. The Morgan fingerprint density at radius 1 is 1.00 bits per heavy atom. The third kappa shape index (κ3) is 4.97. The van der Waals surface area contributed by atoms with E-state index in [0.717, 1.165) is 62.3 Å². The first-order valence-corrected chi connectivity index (χ1v) is 14.2. The first-order valence-electron chi connectivity index (χ1n) is 12.8. The average molecular weight is 551 g/mol. The number of pyridine rings is 1. The summed E-state index contributed by atoms with van der Waals surface area (Å²) >= 11 is 0. The molecule has 3 fully saturated rings. The Labute approximate surface area is 221 Å². The van der Waals surface area contributed by atoms with Crippen LogP contribution in [0.4, 0.5) is 14.6 Å². The van der Waals surface area contributed by atoms with Gasteiger partial charge in [0.1, 0.15) is 11.6 Å². The zero-order valence-corrected chi connectivity index (χ0v) is 21.4. The van der Waals surface area contributed by atoms with Gasteiger partial charge in [0, 0.05) is 45.9 Å². The number of nitrogens with one attached hydrogen (secondary N) is 2. The van der Waals surface area contributed by atoms with Gasteiger partial charge < -0.3 is 14.6 Å². The van der Waals surface area contributed by atoms with Crippen molar-refractivity contribution in [3.63, 3.8) is 0 Å². The van der Waals surface area contributed by atoms with Gasteiger partial charge in [-0.15, -0.1) is 0 Å². The van der Waals surface area contributed by atoms with E-state index in [4.69, 9.17) is 4.74 Å². The summed E-state index contributed by atoms with van der Waals surface area (Å²) < 4.78 is 60.9. The van der Waals surface area contributed by atoms with Gasteiger partial charge in [-0.2, -0.15) is 12.7 Å². The van der Waals surface area contributed by atoms with Crippen molar-refractivity contribution in [1.29, 1.82) is 0 Å². The number of carbonyl (C=O) groups excluding carboxylic acids is 1. The number of halogens is 2. The topological polar surface area (TPSA) is 121 Å². The number of nitrogens with zero attached hydrogens (tertiary/aromatic N) is 4. The fourth-order valence-electron chi connectivity index (χ4n) is 5.60. The number of fused-ring (bicyclic) bond motifs is 1. The highest BCUT2D eigenvalue weighted by atomic mass is 32.2. The molecule has 2 saturated heterocycles. The SMILES string of the molecule is O=C1CN(C2CCC(OC3CCN(c4ccc(-c5nc6cc(F)c(F)cc6[nH]5)cn4)CC3)CC2)S(=O)(=O)N1.[HH].[HH]. The van der Waals surface area contributed by atoms with Gasteiger partial charge in [-0.05, 0) is 50.7 Å². The van der Waals surface area contributed by atoms with E-state index in [2.05, 4.69) is 19.9 Å². The lowest BCUT2D eigenvalue weighted by atomic mass is 9.92. The minimum atomic E-state index is -3.69. The lowest BCUT2D eigenvalue weighted by Crippen LogP contribution is -2.43. The van der Waals surface area contributed by atoms with E-state index in [1.165, 1.54) is 4.31 Å². The third-order valence-corrected chi connectivity index (χ3v) is 9.13. The van der Waals surface area contributed by atoms with Crippen LogP contribution in [0, 0.1) is 11.6 Å².